The van der Waals surface area contributed by atoms with E-state index in [1.54, 1.807) is 12.1 Å². The van der Waals surface area contributed by atoms with E-state index < -0.39 is 11.4 Å². The van der Waals surface area contributed by atoms with Crippen LogP contribution in [0.4, 0.5) is 4.39 Å². The summed E-state index contributed by atoms with van der Waals surface area (Å²) in [5, 5.41) is 0.612. The fourth-order valence-electron chi connectivity index (χ4n) is 5.16. The summed E-state index contributed by atoms with van der Waals surface area (Å²) in [6.45, 7) is 4.96. The van der Waals surface area contributed by atoms with E-state index in [0.29, 0.717) is 23.7 Å². The van der Waals surface area contributed by atoms with Gasteiger partial charge in [0.1, 0.15) is 11.1 Å². The third kappa shape index (κ3) is 7.86. The fraction of sp³-hybridized carbons (Fsp3) is 0.690. The summed E-state index contributed by atoms with van der Waals surface area (Å²) in [7, 11) is 0. The van der Waals surface area contributed by atoms with Crippen molar-refractivity contribution in [1.29, 1.82) is 0 Å². The zero-order valence-electron chi connectivity index (χ0n) is 20.8. The standard InChI is InChI=1S/C29H43FO3/c1-3-5-7-9-11-13-25-20-24-18-19-26(28(30)27(24)29(31)33-25)32-21-23-16-14-22(15-17-23)12-10-8-6-4-2/h18-20,22-23H,3-17,21H2,1-2H3. The molecule has 0 aliphatic heterocycles. The van der Waals surface area contributed by atoms with Crippen LogP contribution >= 0.6 is 0 Å². The minimum Gasteiger partial charge on any atom is -0.490 e. The first kappa shape index (κ1) is 25.8. The van der Waals surface area contributed by atoms with Gasteiger partial charge in [-0.25, -0.2) is 9.18 Å². The highest BCUT2D eigenvalue weighted by molar-refractivity contribution is 5.83. The Kier molecular flexibility index (Phi) is 10.8. The number of unbranched alkanes of at least 4 members (excludes halogenated alkanes) is 7. The van der Waals surface area contributed by atoms with E-state index in [2.05, 4.69) is 13.8 Å². The highest BCUT2D eigenvalue weighted by atomic mass is 19.1. The summed E-state index contributed by atoms with van der Waals surface area (Å²) in [6, 6.07) is 5.27. The second-order valence-corrected chi connectivity index (χ2v) is 10.1. The number of halogens is 1. The Morgan fingerprint density at radius 3 is 2.30 bits per heavy atom. The molecule has 0 spiro atoms. The van der Waals surface area contributed by atoms with Crippen molar-refractivity contribution in [3.63, 3.8) is 0 Å². The summed E-state index contributed by atoms with van der Waals surface area (Å²) in [6.07, 6.45) is 18.0. The number of aryl methyl sites for hydroxylation is 1. The molecule has 4 heteroatoms. The molecule has 0 radical (unpaired) electrons. The van der Waals surface area contributed by atoms with Crippen LogP contribution in [0.25, 0.3) is 10.8 Å². The number of hydrogen-bond donors (Lipinski definition) is 0. The Labute approximate surface area is 199 Å². The van der Waals surface area contributed by atoms with Gasteiger partial charge in [-0.15, -0.1) is 0 Å². The molecule has 1 saturated carbocycles. The van der Waals surface area contributed by atoms with Crippen molar-refractivity contribution in [3.8, 4) is 5.75 Å². The molecule has 1 fully saturated rings. The summed E-state index contributed by atoms with van der Waals surface area (Å²) in [5.74, 6) is 1.55. The Balaban J connectivity index is 1.51. The zero-order chi connectivity index (χ0) is 23.5. The number of ether oxygens (including phenoxy) is 1. The second kappa shape index (κ2) is 13.8. The van der Waals surface area contributed by atoms with Gasteiger partial charge in [0.05, 0.1) is 6.61 Å². The van der Waals surface area contributed by atoms with Crippen LogP contribution in [0.5, 0.6) is 5.75 Å². The van der Waals surface area contributed by atoms with Crippen molar-refractivity contribution in [1.82, 2.24) is 0 Å². The van der Waals surface area contributed by atoms with Crippen LogP contribution in [-0.2, 0) is 6.42 Å². The third-order valence-corrected chi connectivity index (χ3v) is 7.32. The van der Waals surface area contributed by atoms with Crippen LogP contribution in [-0.4, -0.2) is 6.61 Å². The molecule has 1 aromatic carbocycles. The van der Waals surface area contributed by atoms with Crippen LogP contribution in [0, 0.1) is 17.7 Å². The van der Waals surface area contributed by atoms with E-state index in [4.69, 9.17) is 9.15 Å². The van der Waals surface area contributed by atoms with Gasteiger partial charge in [0.15, 0.2) is 11.6 Å². The summed E-state index contributed by atoms with van der Waals surface area (Å²) < 4.78 is 26.4. The quantitative estimate of drug-likeness (QED) is 0.266. The Morgan fingerprint density at radius 2 is 1.58 bits per heavy atom. The van der Waals surface area contributed by atoms with E-state index in [0.717, 1.165) is 38.0 Å². The summed E-state index contributed by atoms with van der Waals surface area (Å²) in [4.78, 5) is 12.5. The van der Waals surface area contributed by atoms with Crippen molar-refractivity contribution in [2.75, 3.05) is 6.61 Å². The molecule has 1 aromatic heterocycles. The maximum Gasteiger partial charge on any atom is 0.346 e. The first-order chi connectivity index (χ1) is 16.1. The van der Waals surface area contributed by atoms with Crippen LogP contribution in [0.3, 0.4) is 0 Å². The molecule has 3 nitrogen and oxygen atoms in total. The Bertz CT molecular complexity index is 896. The third-order valence-electron chi connectivity index (χ3n) is 7.32. The van der Waals surface area contributed by atoms with Gasteiger partial charge in [-0.3, -0.25) is 0 Å². The van der Waals surface area contributed by atoms with Gasteiger partial charge < -0.3 is 9.15 Å². The molecule has 3 rings (SSSR count). The Hall–Kier alpha value is -1.84. The average Bonchev–Trinajstić information content (AvgIpc) is 2.82. The largest absolute Gasteiger partial charge is 0.490 e. The first-order valence-corrected chi connectivity index (χ1v) is 13.5. The van der Waals surface area contributed by atoms with Crippen molar-refractivity contribution < 1.29 is 13.5 Å². The van der Waals surface area contributed by atoms with Crippen molar-refractivity contribution in [2.45, 2.75) is 110 Å². The first-order valence-electron chi connectivity index (χ1n) is 13.5. The molecule has 2 aromatic rings. The highest BCUT2D eigenvalue weighted by Gasteiger charge is 2.22. The molecule has 1 aliphatic rings. The molecular formula is C29H43FO3. The van der Waals surface area contributed by atoms with Crippen LogP contribution in [0.2, 0.25) is 0 Å². The number of hydrogen-bond acceptors (Lipinski definition) is 3. The molecule has 1 heterocycles. The van der Waals surface area contributed by atoms with Crippen molar-refractivity contribution in [3.05, 3.63) is 40.2 Å². The predicted octanol–water partition coefficient (Wildman–Crippen LogP) is 8.60. The van der Waals surface area contributed by atoms with E-state index in [-0.39, 0.29) is 11.1 Å². The molecule has 0 amide bonds. The lowest BCUT2D eigenvalue weighted by Gasteiger charge is -2.28. The highest BCUT2D eigenvalue weighted by Crippen LogP contribution is 2.33. The summed E-state index contributed by atoms with van der Waals surface area (Å²) in [5.41, 5.74) is -0.595. The smallest absolute Gasteiger partial charge is 0.346 e. The van der Waals surface area contributed by atoms with Gasteiger partial charge in [0.25, 0.3) is 0 Å². The van der Waals surface area contributed by atoms with Gasteiger partial charge in [-0.2, -0.15) is 0 Å². The molecule has 0 N–H and O–H groups in total. The zero-order valence-corrected chi connectivity index (χ0v) is 20.8. The Morgan fingerprint density at radius 1 is 0.909 bits per heavy atom. The molecule has 1 aliphatic carbocycles. The van der Waals surface area contributed by atoms with E-state index in [1.807, 2.05) is 6.07 Å². The van der Waals surface area contributed by atoms with Crippen LogP contribution in [0.1, 0.15) is 109 Å². The second-order valence-electron chi connectivity index (χ2n) is 10.1. The molecular weight excluding hydrogens is 415 g/mol. The lowest BCUT2D eigenvalue weighted by atomic mass is 9.80. The van der Waals surface area contributed by atoms with E-state index in [1.165, 1.54) is 64.2 Å². The maximum absolute atomic E-state index is 15.1. The van der Waals surface area contributed by atoms with Gasteiger partial charge in [0, 0.05) is 6.42 Å². The van der Waals surface area contributed by atoms with Crippen LogP contribution < -0.4 is 10.4 Å². The van der Waals surface area contributed by atoms with Gasteiger partial charge in [-0.1, -0.05) is 90.5 Å². The van der Waals surface area contributed by atoms with Gasteiger partial charge in [0.2, 0.25) is 0 Å². The predicted molar refractivity (Wildman–Crippen MR) is 135 cm³/mol. The molecule has 33 heavy (non-hydrogen) atoms. The minimum atomic E-state index is -0.595. The lowest BCUT2D eigenvalue weighted by molar-refractivity contribution is 0.174. The van der Waals surface area contributed by atoms with Gasteiger partial charge >= 0.3 is 5.63 Å². The number of fused-ring (bicyclic) bond motifs is 1. The lowest BCUT2D eigenvalue weighted by Crippen LogP contribution is -2.20. The number of benzene rings is 1. The van der Waals surface area contributed by atoms with E-state index in [9.17, 15) is 4.79 Å². The fourth-order valence-corrected chi connectivity index (χ4v) is 5.16. The van der Waals surface area contributed by atoms with Crippen molar-refractivity contribution >= 4 is 10.8 Å². The monoisotopic (exact) mass is 458 g/mol. The van der Waals surface area contributed by atoms with E-state index >= 15 is 4.39 Å². The molecule has 0 unspecified atom stereocenters. The maximum atomic E-state index is 15.1. The minimum absolute atomic E-state index is 0.0121. The summed E-state index contributed by atoms with van der Waals surface area (Å²) >= 11 is 0. The topological polar surface area (TPSA) is 39.4 Å². The van der Waals surface area contributed by atoms with Crippen molar-refractivity contribution in [2.24, 2.45) is 11.8 Å². The molecule has 0 saturated heterocycles. The SMILES string of the molecule is CCCCCCCc1cc2ccc(OCC3CCC(CCCCCC)CC3)c(F)c2c(=O)o1. The van der Waals surface area contributed by atoms with Crippen LogP contribution in [0.15, 0.2) is 27.4 Å². The number of rotatable bonds is 14. The normalized spacial score (nSPS) is 18.6. The molecule has 0 bridgehead atoms. The average molecular weight is 459 g/mol. The molecule has 0 atom stereocenters. The molecule has 184 valence electrons. The van der Waals surface area contributed by atoms with Gasteiger partial charge in [-0.05, 0) is 48.6 Å².